The third-order valence-electron chi connectivity index (χ3n) is 3.28. The van der Waals surface area contributed by atoms with Crippen LogP contribution in [0.25, 0.3) is 0 Å². The molecule has 2 N–H and O–H groups in total. The normalized spacial score (nSPS) is 18.7. The molecule has 0 saturated carbocycles. The molecule has 2 rings (SSSR count). The van der Waals surface area contributed by atoms with Gasteiger partial charge in [-0.1, -0.05) is 12.1 Å². The van der Waals surface area contributed by atoms with E-state index in [-0.39, 0.29) is 17.7 Å². The van der Waals surface area contributed by atoms with Crippen LogP contribution in [-0.4, -0.2) is 24.3 Å². The largest absolute Gasteiger partial charge is 0.324 e. The third-order valence-corrected chi connectivity index (χ3v) is 3.28. The fraction of sp³-hybridized carbons (Fsp3) is 0.429. The Morgan fingerprint density at radius 1 is 1.39 bits per heavy atom. The van der Waals surface area contributed by atoms with Crippen LogP contribution in [0.1, 0.15) is 35.7 Å². The number of rotatable bonds is 3. The van der Waals surface area contributed by atoms with E-state index >= 15 is 0 Å². The second kappa shape index (κ2) is 5.31. The molecule has 0 spiro atoms. The van der Waals surface area contributed by atoms with Crippen LogP contribution >= 0.6 is 0 Å². The Balaban J connectivity index is 2.14. The van der Waals surface area contributed by atoms with E-state index in [1.54, 1.807) is 12.1 Å². The number of aryl methyl sites for hydroxylation is 1. The molecule has 4 heteroatoms. The summed E-state index contributed by atoms with van der Waals surface area (Å²) < 4.78 is 0. The minimum absolute atomic E-state index is 0.00416. The van der Waals surface area contributed by atoms with Crippen molar-refractivity contribution in [3.05, 3.63) is 29.3 Å². The van der Waals surface area contributed by atoms with Gasteiger partial charge in [-0.25, -0.2) is 0 Å². The first-order valence-electron chi connectivity index (χ1n) is 6.24. The fourth-order valence-electron chi connectivity index (χ4n) is 2.10. The molecule has 1 atom stereocenters. The van der Waals surface area contributed by atoms with Gasteiger partial charge in [0.05, 0.1) is 6.04 Å². The lowest BCUT2D eigenvalue weighted by Gasteiger charge is -2.13. The van der Waals surface area contributed by atoms with Crippen molar-refractivity contribution in [3.63, 3.8) is 0 Å². The van der Waals surface area contributed by atoms with Crippen LogP contribution in [0.4, 0.5) is 5.69 Å². The fourth-order valence-corrected chi connectivity index (χ4v) is 2.10. The van der Waals surface area contributed by atoms with E-state index in [2.05, 4.69) is 10.6 Å². The van der Waals surface area contributed by atoms with Crippen LogP contribution in [-0.2, 0) is 4.79 Å². The molecule has 1 aliphatic rings. The number of hydrogen-bond acceptors (Lipinski definition) is 3. The SMILES string of the molecule is CC(=O)c1ccc(C)c(NC(=O)[C@@H]2CCCN2)c1. The maximum absolute atomic E-state index is 12.0. The quantitative estimate of drug-likeness (QED) is 0.801. The Morgan fingerprint density at radius 2 is 2.17 bits per heavy atom. The molecule has 1 saturated heterocycles. The van der Waals surface area contributed by atoms with Gasteiger partial charge in [0.1, 0.15) is 0 Å². The molecule has 0 unspecified atom stereocenters. The average Bonchev–Trinajstić information content (AvgIpc) is 2.85. The monoisotopic (exact) mass is 246 g/mol. The van der Waals surface area contributed by atoms with Crippen molar-refractivity contribution < 1.29 is 9.59 Å². The van der Waals surface area contributed by atoms with E-state index in [1.165, 1.54) is 6.92 Å². The standard InChI is InChI=1S/C14H18N2O2/c1-9-5-6-11(10(2)17)8-13(9)16-14(18)12-4-3-7-15-12/h5-6,8,12,15H,3-4,7H2,1-2H3,(H,16,18)/t12-/m0/s1. The van der Waals surface area contributed by atoms with Gasteiger partial charge in [0, 0.05) is 11.3 Å². The second-order valence-electron chi connectivity index (χ2n) is 4.72. The zero-order chi connectivity index (χ0) is 13.1. The number of anilines is 1. The average molecular weight is 246 g/mol. The molecule has 18 heavy (non-hydrogen) atoms. The van der Waals surface area contributed by atoms with Crippen LogP contribution in [0.5, 0.6) is 0 Å². The summed E-state index contributed by atoms with van der Waals surface area (Å²) in [6, 6.07) is 5.27. The van der Waals surface area contributed by atoms with Crippen molar-refractivity contribution >= 4 is 17.4 Å². The Hall–Kier alpha value is -1.68. The van der Waals surface area contributed by atoms with E-state index in [1.807, 2.05) is 13.0 Å². The van der Waals surface area contributed by atoms with Crippen LogP contribution in [0.3, 0.4) is 0 Å². The molecule has 0 aliphatic carbocycles. The van der Waals surface area contributed by atoms with Crippen LogP contribution in [0.2, 0.25) is 0 Å². The van der Waals surface area contributed by atoms with Gasteiger partial charge in [-0.15, -0.1) is 0 Å². The van der Waals surface area contributed by atoms with Gasteiger partial charge in [0.2, 0.25) is 5.91 Å². The molecule has 96 valence electrons. The van der Waals surface area contributed by atoms with Crippen molar-refractivity contribution in [2.45, 2.75) is 32.7 Å². The Morgan fingerprint density at radius 3 is 2.78 bits per heavy atom. The molecule has 1 aromatic carbocycles. The van der Waals surface area contributed by atoms with Crippen LogP contribution in [0, 0.1) is 6.92 Å². The summed E-state index contributed by atoms with van der Waals surface area (Å²) in [5.74, 6) is -0.0132. The lowest BCUT2D eigenvalue weighted by molar-refractivity contribution is -0.117. The minimum atomic E-state index is -0.106. The van der Waals surface area contributed by atoms with Crippen LogP contribution in [0.15, 0.2) is 18.2 Å². The number of ketones is 1. The Kier molecular flexibility index (Phi) is 3.77. The van der Waals surface area contributed by atoms with Crippen molar-refractivity contribution in [1.29, 1.82) is 0 Å². The van der Waals surface area contributed by atoms with Gasteiger partial charge in [0.25, 0.3) is 0 Å². The first kappa shape index (κ1) is 12.8. The minimum Gasteiger partial charge on any atom is -0.324 e. The smallest absolute Gasteiger partial charge is 0.241 e. The van der Waals surface area contributed by atoms with Gasteiger partial charge >= 0.3 is 0 Å². The zero-order valence-corrected chi connectivity index (χ0v) is 10.7. The number of nitrogens with one attached hydrogen (secondary N) is 2. The molecule has 0 aromatic heterocycles. The lowest BCUT2D eigenvalue weighted by atomic mass is 10.1. The first-order valence-corrected chi connectivity index (χ1v) is 6.24. The maximum atomic E-state index is 12.0. The van der Waals surface area contributed by atoms with Gasteiger partial charge in [-0.3, -0.25) is 9.59 Å². The van der Waals surface area contributed by atoms with Crippen molar-refractivity contribution in [2.24, 2.45) is 0 Å². The third kappa shape index (κ3) is 2.76. The summed E-state index contributed by atoms with van der Waals surface area (Å²) in [4.78, 5) is 23.3. The summed E-state index contributed by atoms with van der Waals surface area (Å²) in [5.41, 5.74) is 2.31. The molecule has 0 radical (unpaired) electrons. The number of carbonyl (C=O) groups excluding carboxylic acids is 2. The van der Waals surface area contributed by atoms with E-state index < -0.39 is 0 Å². The van der Waals surface area contributed by atoms with Gasteiger partial charge in [0.15, 0.2) is 5.78 Å². The molecule has 1 amide bonds. The summed E-state index contributed by atoms with van der Waals surface area (Å²) in [5, 5.41) is 6.05. The number of hydrogen-bond donors (Lipinski definition) is 2. The molecule has 1 aromatic rings. The predicted molar refractivity (Wildman–Crippen MR) is 70.8 cm³/mol. The lowest BCUT2D eigenvalue weighted by Crippen LogP contribution is -2.35. The van der Waals surface area contributed by atoms with Gasteiger partial charge in [-0.2, -0.15) is 0 Å². The van der Waals surface area contributed by atoms with Crippen LogP contribution < -0.4 is 10.6 Å². The Bertz CT molecular complexity index is 477. The van der Waals surface area contributed by atoms with Gasteiger partial charge in [-0.05, 0) is 44.9 Å². The van der Waals surface area contributed by atoms with Crippen molar-refractivity contribution in [2.75, 3.05) is 11.9 Å². The highest BCUT2D eigenvalue weighted by Gasteiger charge is 2.22. The highest BCUT2D eigenvalue weighted by molar-refractivity contribution is 5.99. The van der Waals surface area contributed by atoms with Crippen molar-refractivity contribution in [3.8, 4) is 0 Å². The summed E-state index contributed by atoms with van der Waals surface area (Å²) >= 11 is 0. The molecule has 1 fully saturated rings. The van der Waals surface area contributed by atoms with Crippen molar-refractivity contribution in [1.82, 2.24) is 5.32 Å². The highest BCUT2D eigenvalue weighted by atomic mass is 16.2. The number of Topliss-reactive ketones (excluding diaryl/α,β-unsaturated/α-hetero) is 1. The second-order valence-corrected chi connectivity index (χ2v) is 4.72. The molecule has 0 bridgehead atoms. The molecular weight excluding hydrogens is 228 g/mol. The topological polar surface area (TPSA) is 58.2 Å². The molecule has 1 aliphatic heterocycles. The number of benzene rings is 1. The van der Waals surface area contributed by atoms with Gasteiger partial charge < -0.3 is 10.6 Å². The number of amides is 1. The molecular formula is C14H18N2O2. The molecule has 4 nitrogen and oxygen atoms in total. The van der Waals surface area contributed by atoms with E-state index in [4.69, 9.17) is 0 Å². The number of carbonyl (C=O) groups is 2. The van der Waals surface area contributed by atoms with E-state index in [9.17, 15) is 9.59 Å². The van der Waals surface area contributed by atoms with E-state index in [0.717, 1.165) is 30.6 Å². The highest BCUT2D eigenvalue weighted by Crippen LogP contribution is 2.18. The first-order chi connectivity index (χ1) is 8.58. The summed E-state index contributed by atoms with van der Waals surface area (Å²) in [7, 11) is 0. The zero-order valence-electron chi connectivity index (χ0n) is 10.7. The Labute approximate surface area is 107 Å². The summed E-state index contributed by atoms with van der Waals surface area (Å²) in [6.45, 7) is 4.33. The summed E-state index contributed by atoms with van der Waals surface area (Å²) in [6.07, 6.45) is 1.90. The molecule has 1 heterocycles. The van der Waals surface area contributed by atoms with E-state index in [0.29, 0.717) is 5.56 Å². The predicted octanol–water partition coefficient (Wildman–Crippen LogP) is 1.89. The maximum Gasteiger partial charge on any atom is 0.241 e.